The number of rotatable bonds is 4. The fourth-order valence-electron chi connectivity index (χ4n) is 3.26. The standard InChI is InChI=1S/C16H28N2O3/c1-3-4-13(2)15(19)17-7-5-14(6-8-17)16(20)18-9-11-21-12-10-18/h13-14H,3-12H2,1-2H3. The van der Waals surface area contributed by atoms with Crippen LogP contribution in [0, 0.1) is 11.8 Å². The minimum Gasteiger partial charge on any atom is -0.378 e. The van der Waals surface area contributed by atoms with E-state index in [4.69, 9.17) is 4.74 Å². The predicted molar refractivity (Wildman–Crippen MR) is 80.8 cm³/mol. The molecule has 0 saturated carbocycles. The highest BCUT2D eigenvalue weighted by Gasteiger charge is 2.31. The zero-order valence-corrected chi connectivity index (χ0v) is 13.3. The van der Waals surface area contributed by atoms with E-state index in [1.165, 1.54) is 0 Å². The molecule has 2 fully saturated rings. The number of nitrogens with zero attached hydrogens (tertiary/aromatic N) is 2. The number of hydrogen-bond donors (Lipinski definition) is 0. The Kier molecular flexibility index (Phi) is 6.03. The van der Waals surface area contributed by atoms with E-state index in [-0.39, 0.29) is 23.7 Å². The molecule has 5 nitrogen and oxygen atoms in total. The molecule has 2 saturated heterocycles. The van der Waals surface area contributed by atoms with Gasteiger partial charge in [-0.1, -0.05) is 20.3 Å². The molecule has 1 atom stereocenters. The summed E-state index contributed by atoms with van der Waals surface area (Å²) < 4.78 is 5.29. The van der Waals surface area contributed by atoms with Crippen LogP contribution in [-0.4, -0.2) is 61.0 Å². The maximum atomic E-state index is 12.4. The Labute approximate surface area is 127 Å². The van der Waals surface area contributed by atoms with Gasteiger partial charge >= 0.3 is 0 Å². The normalized spacial score (nSPS) is 22.2. The van der Waals surface area contributed by atoms with Gasteiger partial charge in [0.15, 0.2) is 0 Å². The molecule has 0 N–H and O–H groups in total. The number of amides is 2. The number of hydrogen-bond acceptors (Lipinski definition) is 3. The van der Waals surface area contributed by atoms with Gasteiger partial charge in [-0.15, -0.1) is 0 Å². The molecular weight excluding hydrogens is 268 g/mol. The molecule has 120 valence electrons. The first kappa shape index (κ1) is 16.3. The second kappa shape index (κ2) is 7.78. The van der Waals surface area contributed by atoms with E-state index in [1.807, 2.05) is 16.7 Å². The second-order valence-electron chi connectivity index (χ2n) is 6.23. The second-order valence-corrected chi connectivity index (χ2v) is 6.23. The molecule has 2 aliphatic rings. The molecule has 0 aromatic heterocycles. The molecular formula is C16H28N2O3. The topological polar surface area (TPSA) is 49.9 Å². The molecule has 2 aliphatic heterocycles. The van der Waals surface area contributed by atoms with Gasteiger partial charge in [0.2, 0.25) is 11.8 Å². The van der Waals surface area contributed by atoms with Gasteiger partial charge in [-0.3, -0.25) is 9.59 Å². The van der Waals surface area contributed by atoms with E-state index in [9.17, 15) is 9.59 Å². The van der Waals surface area contributed by atoms with Crippen LogP contribution in [0.2, 0.25) is 0 Å². The smallest absolute Gasteiger partial charge is 0.225 e. The number of carbonyl (C=O) groups is 2. The monoisotopic (exact) mass is 296 g/mol. The van der Waals surface area contributed by atoms with Gasteiger partial charge in [-0.05, 0) is 19.3 Å². The minimum atomic E-state index is 0.0913. The van der Waals surface area contributed by atoms with Crippen LogP contribution in [-0.2, 0) is 14.3 Å². The molecule has 2 amide bonds. The highest BCUT2D eigenvalue weighted by Crippen LogP contribution is 2.22. The summed E-state index contributed by atoms with van der Waals surface area (Å²) in [6.45, 7) is 8.31. The molecule has 2 heterocycles. The molecule has 0 aliphatic carbocycles. The Morgan fingerprint density at radius 3 is 2.29 bits per heavy atom. The van der Waals surface area contributed by atoms with Crippen molar-refractivity contribution in [2.75, 3.05) is 39.4 Å². The number of piperidine rings is 1. The van der Waals surface area contributed by atoms with Crippen LogP contribution in [0.25, 0.3) is 0 Å². The largest absolute Gasteiger partial charge is 0.378 e. The first-order valence-corrected chi connectivity index (χ1v) is 8.28. The fourth-order valence-corrected chi connectivity index (χ4v) is 3.26. The van der Waals surface area contributed by atoms with Gasteiger partial charge < -0.3 is 14.5 Å². The van der Waals surface area contributed by atoms with Crippen LogP contribution in [0.1, 0.15) is 39.5 Å². The van der Waals surface area contributed by atoms with Gasteiger partial charge in [0, 0.05) is 38.0 Å². The van der Waals surface area contributed by atoms with E-state index in [0.29, 0.717) is 26.3 Å². The van der Waals surface area contributed by atoms with Gasteiger partial charge in [0.1, 0.15) is 0 Å². The Morgan fingerprint density at radius 1 is 1.10 bits per heavy atom. The lowest BCUT2D eigenvalue weighted by molar-refractivity contribution is -0.144. The van der Waals surface area contributed by atoms with Crippen molar-refractivity contribution < 1.29 is 14.3 Å². The molecule has 21 heavy (non-hydrogen) atoms. The first-order valence-electron chi connectivity index (χ1n) is 8.28. The lowest BCUT2D eigenvalue weighted by atomic mass is 9.93. The summed E-state index contributed by atoms with van der Waals surface area (Å²) in [4.78, 5) is 28.6. The van der Waals surface area contributed by atoms with Crippen molar-refractivity contribution in [1.82, 2.24) is 9.80 Å². The van der Waals surface area contributed by atoms with E-state index < -0.39 is 0 Å². The quantitative estimate of drug-likeness (QED) is 0.790. The molecule has 2 rings (SSSR count). The SMILES string of the molecule is CCCC(C)C(=O)N1CCC(C(=O)N2CCOCC2)CC1. The predicted octanol–water partition coefficient (Wildman–Crippen LogP) is 1.52. The Hall–Kier alpha value is -1.10. The summed E-state index contributed by atoms with van der Waals surface area (Å²) in [7, 11) is 0. The third-order valence-corrected chi connectivity index (χ3v) is 4.62. The average molecular weight is 296 g/mol. The summed E-state index contributed by atoms with van der Waals surface area (Å²) in [6, 6.07) is 0. The van der Waals surface area contributed by atoms with Crippen LogP contribution < -0.4 is 0 Å². The molecule has 0 spiro atoms. The Bertz CT molecular complexity index is 359. The molecule has 0 aromatic rings. The zero-order valence-electron chi connectivity index (χ0n) is 13.3. The third-order valence-electron chi connectivity index (χ3n) is 4.62. The van der Waals surface area contributed by atoms with Gasteiger partial charge in [-0.25, -0.2) is 0 Å². The van der Waals surface area contributed by atoms with Crippen molar-refractivity contribution in [3.8, 4) is 0 Å². The van der Waals surface area contributed by atoms with Gasteiger partial charge in [0.25, 0.3) is 0 Å². The van der Waals surface area contributed by atoms with Crippen molar-refractivity contribution in [3.05, 3.63) is 0 Å². The summed E-state index contributed by atoms with van der Waals surface area (Å²) >= 11 is 0. The minimum absolute atomic E-state index is 0.0913. The highest BCUT2D eigenvalue weighted by atomic mass is 16.5. The van der Waals surface area contributed by atoms with E-state index in [2.05, 4.69) is 6.92 Å². The number of ether oxygens (including phenoxy) is 1. The van der Waals surface area contributed by atoms with Crippen molar-refractivity contribution in [3.63, 3.8) is 0 Å². The van der Waals surface area contributed by atoms with Crippen LogP contribution in [0.3, 0.4) is 0 Å². The lowest BCUT2D eigenvalue weighted by Crippen LogP contribution is -2.48. The Balaban J connectivity index is 1.79. The van der Waals surface area contributed by atoms with Crippen LogP contribution >= 0.6 is 0 Å². The maximum absolute atomic E-state index is 12.4. The van der Waals surface area contributed by atoms with Crippen LogP contribution in [0.5, 0.6) is 0 Å². The fraction of sp³-hybridized carbons (Fsp3) is 0.875. The van der Waals surface area contributed by atoms with Crippen molar-refractivity contribution in [2.45, 2.75) is 39.5 Å². The summed E-state index contributed by atoms with van der Waals surface area (Å²) in [5.41, 5.74) is 0. The molecule has 0 radical (unpaired) electrons. The number of morpholine rings is 1. The van der Waals surface area contributed by atoms with Crippen LogP contribution in [0.4, 0.5) is 0 Å². The number of carbonyl (C=O) groups excluding carboxylic acids is 2. The molecule has 0 bridgehead atoms. The van der Waals surface area contributed by atoms with E-state index in [0.717, 1.165) is 38.8 Å². The molecule has 5 heteroatoms. The molecule has 1 unspecified atom stereocenters. The Morgan fingerprint density at radius 2 is 1.71 bits per heavy atom. The summed E-state index contributed by atoms with van der Waals surface area (Å²) in [5, 5.41) is 0. The summed E-state index contributed by atoms with van der Waals surface area (Å²) in [6.07, 6.45) is 3.60. The van der Waals surface area contributed by atoms with Crippen molar-refractivity contribution >= 4 is 11.8 Å². The lowest BCUT2D eigenvalue weighted by Gasteiger charge is -2.36. The average Bonchev–Trinajstić information content (AvgIpc) is 2.54. The van der Waals surface area contributed by atoms with Crippen LogP contribution in [0.15, 0.2) is 0 Å². The van der Waals surface area contributed by atoms with Gasteiger partial charge in [-0.2, -0.15) is 0 Å². The summed E-state index contributed by atoms with van der Waals surface area (Å²) in [5.74, 6) is 0.719. The van der Waals surface area contributed by atoms with E-state index in [1.54, 1.807) is 0 Å². The van der Waals surface area contributed by atoms with Crippen molar-refractivity contribution in [2.24, 2.45) is 11.8 Å². The van der Waals surface area contributed by atoms with E-state index >= 15 is 0 Å². The highest BCUT2D eigenvalue weighted by molar-refractivity contribution is 5.81. The third kappa shape index (κ3) is 4.19. The molecule has 0 aromatic carbocycles. The zero-order chi connectivity index (χ0) is 15.2. The maximum Gasteiger partial charge on any atom is 0.225 e. The first-order chi connectivity index (χ1) is 10.1. The van der Waals surface area contributed by atoms with Crippen molar-refractivity contribution in [1.29, 1.82) is 0 Å². The van der Waals surface area contributed by atoms with Gasteiger partial charge in [0.05, 0.1) is 13.2 Å². The number of likely N-dealkylation sites (tertiary alicyclic amines) is 1.